The molecule has 326 valence electrons. The van der Waals surface area contributed by atoms with Crippen molar-refractivity contribution in [2.24, 2.45) is 0 Å². The summed E-state index contributed by atoms with van der Waals surface area (Å²) in [6.45, 7) is 10.5. The largest absolute Gasteiger partial charge is 0.382 e. The number of fused-ring (bicyclic) bond motifs is 1. The highest BCUT2D eigenvalue weighted by atomic mass is 32.2. The second-order valence-electron chi connectivity index (χ2n) is 16.2. The van der Waals surface area contributed by atoms with Crippen LogP contribution in [-0.2, 0) is 29.1 Å². The number of anilines is 6. The van der Waals surface area contributed by atoms with Crippen LogP contribution >= 0.6 is 0 Å². The molecule has 2 fully saturated rings. The third-order valence-corrected chi connectivity index (χ3v) is 12.2. The maximum Gasteiger partial charge on any atom is 0.264 e. The number of aromatic nitrogens is 2. The number of amides is 5. The van der Waals surface area contributed by atoms with E-state index in [2.05, 4.69) is 40.9 Å². The number of rotatable bonds is 15. The van der Waals surface area contributed by atoms with Crippen LogP contribution in [0.4, 0.5) is 34.5 Å². The van der Waals surface area contributed by atoms with Gasteiger partial charge in [-0.25, -0.2) is 18.1 Å². The Kier molecular flexibility index (Phi) is 12.9. The van der Waals surface area contributed by atoms with Crippen LogP contribution in [0.25, 0.3) is 0 Å². The third-order valence-electron chi connectivity index (χ3n) is 10.4. The van der Waals surface area contributed by atoms with E-state index in [1.54, 1.807) is 63.4 Å². The van der Waals surface area contributed by atoms with Crippen LogP contribution < -0.4 is 30.9 Å². The Morgan fingerprint density at radius 2 is 1.65 bits per heavy atom. The topological polar surface area (TPSA) is 224 Å². The van der Waals surface area contributed by atoms with E-state index in [-0.39, 0.29) is 54.4 Å². The summed E-state index contributed by atoms with van der Waals surface area (Å²) in [7, 11) is -3.72. The Balaban J connectivity index is 0.832. The fourth-order valence-electron chi connectivity index (χ4n) is 7.41. The number of ether oxygens (including phenoxy) is 1. The standard InChI is InChI=1S/C43H50N10O8S/c1-27-26-45-42(49-38(27)46-29-7-5-8-31(25-29)62(59,60)50-43(2,3)4)47-28-11-13-30(14-12-28)51-19-21-52(22-20-51)36(55)17-23-61-24-18-44-33-10-6-9-32-37(33)41(58)53(40(32)57)34-15-16-35(54)48-39(34)56/h5-14,25-26,34,44,50H,15-24H2,1-4H3,(H,48,54,56)(H2,45,46,47,49). The van der Waals surface area contributed by atoms with Gasteiger partial charge in [-0.05, 0) is 88.7 Å². The lowest BCUT2D eigenvalue weighted by molar-refractivity contribution is -0.136. The molecule has 1 aromatic heterocycles. The average Bonchev–Trinajstić information content (AvgIpc) is 3.49. The van der Waals surface area contributed by atoms with Crippen molar-refractivity contribution in [2.45, 2.75) is 63.4 Å². The van der Waals surface area contributed by atoms with Crippen molar-refractivity contribution in [3.63, 3.8) is 0 Å². The first kappa shape index (κ1) is 43.6. The lowest BCUT2D eigenvalue weighted by Gasteiger charge is -2.36. The van der Waals surface area contributed by atoms with Crippen molar-refractivity contribution in [3.05, 3.63) is 89.6 Å². The molecule has 3 aromatic carbocycles. The molecule has 5 amide bonds. The van der Waals surface area contributed by atoms with E-state index in [0.717, 1.165) is 21.8 Å². The summed E-state index contributed by atoms with van der Waals surface area (Å²) in [5, 5.41) is 11.8. The van der Waals surface area contributed by atoms with E-state index in [1.807, 2.05) is 36.1 Å². The zero-order valence-electron chi connectivity index (χ0n) is 35.0. The van der Waals surface area contributed by atoms with Crippen molar-refractivity contribution in [1.29, 1.82) is 0 Å². The quantitative estimate of drug-likeness (QED) is 0.0845. The predicted octanol–water partition coefficient (Wildman–Crippen LogP) is 3.92. The molecule has 0 bridgehead atoms. The van der Waals surface area contributed by atoms with Gasteiger partial charge >= 0.3 is 0 Å². The SMILES string of the molecule is Cc1cnc(Nc2ccc(N3CCN(C(=O)CCOCCNc4cccc5c4C(=O)N(C4CCC(=O)NC4=O)C5=O)CC3)cc2)nc1Nc1cccc(S(=O)(=O)NC(C)(C)C)c1. The van der Waals surface area contributed by atoms with Crippen molar-refractivity contribution < 1.29 is 37.1 Å². The van der Waals surface area contributed by atoms with Crippen LogP contribution in [0, 0.1) is 6.92 Å². The van der Waals surface area contributed by atoms with Gasteiger partial charge in [0, 0.05) is 79.2 Å². The molecule has 0 saturated carbocycles. The molecule has 62 heavy (non-hydrogen) atoms. The lowest BCUT2D eigenvalue weighted by Crippen LogP contribution is -2.54. The number of aryl methyl sites for hydroxylation is 1. The average molecular weight is 867 g/mol. The zero-order chi connectivity index (χ0) is 44.2. The molecule has 1 atom stereocenters. The molecule has 1 unspecified atom stereocenters. The number of piperazine rings is 1. The number of hydrogen-bond acceptors (Lipinski definition) is 14. The van der Waals surface area contributed by atoms with Gasteiger partial charge in [0.1, 0.15) is 11.9 Å². The van der Waals surface area contributed by atoms with Crippen molar-refractivity contribution in [1.82, 2.24) is 29.8 Å². The van der Waals surface area contributed by atoms with Crippen LogP contribution in [0.5, 0.6) is 0 Å². The Morgan fingerprint density at radius 3 is 2.37 bits per heavy atom. The second-order valence-corrected chi connectivity index (χ2v) is 17.9. The first-order chi connectivity index (χ1) is 29.6. The third kappa shape index (κ3) is 10.2. The summed E-state index contributed by atoms with van der Waals surface area (Å²) in [4.78, 5) is 77.6. The zero-order valence-corrected chi connectivity index (χ0v) is 35.8. The first-order valence-corrected chi connectivity index (χ1v) is 21.9. The molecule has 18 nitrogen and oxygen atoms in total. The Hall–Kier alpha value is -6.44. The molecule has 0 aliphatic carbocycles. The molecule has 3 aliphatic rings. The van der Waals surface area contributed by atoms with E-state index in [0.29, 0.717) is 55.9 Å². The minimum Gasteiger partial charge on any atom is -0.382 e. The van der Waals surface area contributed by atoms with Gasteiger partial charge in [-0.1, -0.05) is 12.1 Å². The number of nitrogens with zero attached hydrogens (tertiary/aromatic N) is 5. The van der Waals surface area contributed by atoms with Gasteiger partial charge in [0.2, 0.25) is 33.7 Å². The van der Waals surface area contributed by atoms with Gasteiger partial charge in [-0.2, -0.15) is 4.98 Å². The number of carbonyl (C=O) groups is 5. The molecule has 0 spiro atoms. The number of piperidine rings is 1. The molecular formula is C43H50N10O8S. The number of benzene rings is 3. The summed E-state index contributed by atoms with van der Waals surface area (Å²) >= 11 is 0. The van der Waals surface area contributed by atoms with Crippen molar-refractivity contribution in [2.75, 3.05) is 66.8 Å². The van der Waals surface area contributed by atoms with E-state index in [4.69, 9.17) is 4.74 Å². The maximum absolute atomic E-state index is 13.3. The van der Waals surface area contributed by atoms with Gasteiger partial charge in [0.05, 0.1) is 35.7 Å². The monoisotopic (exact) mass is 866 g/mol. The molecular weight excluding hydrogens is 817 g/mol. The van der Waals surface area contributed by atoms with Gasteiger partial charge in [0.15, 0.2) is 0 Å². The highest BCUT2D eigenvalue weighted by Gasteiger charge is 2.45. The summed E-state index contributed by atoms with van der Waals surface area (Å²) in [5.74, 6) is -1.37. The van der Waals surface area contributed by atoms with Gasteiger partial charge in [-0.3, -0.25) is 34.2 Å². The van der Waals surface area contributed by atoms with E-state index < -0.39 is 45.2 Å². The van der Waals surface area contributed by atoms with Crippen LogP contribution in [0.1, 0.15) is 66.3 Å². The number of hydrogen-bond donors (Lipinski definition) is 5. The molecule has 4 aromatic rings. The fraction of sp³-hybridized carbons (Fsp3) is 0.372. The Morgan fingerprint density at radius 1 is 0.903 bits per heavy atom. The van der Waals surface area contributed by atoms with Crippen LogP contribution in [0.3, 0.4) is 0 Å². The highest BCUT2D eigenvalue weighted by Crippen LogP contribution is 2.32. The van der Waals surface area contributed by atoms with E-state index in [1.165, 1.54) is 6.07 Å². The van der Waals surface area contributed by atoms with Crippen molar-refractivity contribution in [3.8, 4) is 0 Å². The number of nitrogens with one attached hydrogen (secondary N) is 5. The van der Waals surface area contributed by atoms with E-state index >= 15 is 0 Å². The smallest absolute Gasteiger partial charge is 0.264 e. The first-order valence-electron chi connectivity index (χ1n) is 20.4. The highest BCUT2D eigenvalue weighted by molar-refractivity contribution is 7.89. The summed E-state index contributed by atoms with van der Waals surface area (Å²) < 4.78 is 34.2. The summed E-state index contributed by atoms with van der Waals surface area (Å²) in [6.07, 6.45) is 2.03. The van der Waals surface area contributed by atoms with Crippen LogP contribution in [0.2, 0.25) is 0 Å². The molecule has 5 N–H and O–H groups in total. The maximum atomic E-state index is 13.3. The van der Waals surface area contributed by atoms with Gasteiger partial charge < -0.3 is 30.5 Å². The van der Waals surface area contributed by atoms with Crippen LogP contribution in [-0.4, -0.2) is 115 Å². The minimum absolute atomic E-state index is 0.00192. The van der Waals surface area contributed by atoms with Gasteiger partial charge in [-0.15, -0.1) is 0 Å². The second kappa shape index (κ2) is 18.3. The van der Waals surface area contributed by atoms with Gasteiger partial charge in [0.25, 0.3) is 11.8 Å². The molecule has 3 aliphatic heterocycles. The number of sulfonamides is 1. The fourth-order valence-corrected chi connectivity index (χ4v) is 8.87. The van der Waals surface area contributed by atoms with E-state index in [9.17, 15) is 32.4 Å². The van der Waals surface area contributed by atoms with Crippen molar-refractivity contribution >= 4 is 74.1 Å². The summed E-state index contributed by atoms with van der Waals surface area (Å²) in [5.41, 5.74) is 3.31. The lowest BCUT2D eigenvalue weighted by atomic mass is 10.0. The number of carbonyl (C=O) groups excluding carboxylic acids is 5. The Bertz CT molecular complexity index is 2480. The summed E-state index contributed by atoms with van der Waals surface area (Å²) in [6, 6.07) is 18.2. The van der Waals surface area contributed by atoms with Crippen LogP contribution in [0.15, 0.2) is 77.8 Å². The molecule has 4 heterocycles. The number of imide groups is 2. The predicted molar refractivity (Wildman–Crippen MR) is 232 cm³/mol. The minimum atomic E-state index is -3.72. The molecule has 19 heteroatoms. The normalized spacial score (nSPS) is 16.9. The molecule has 0 radical (unpaired) electrons. The molecule has 2 saturated heterocycles. The molecule has 7 rings (SSSR count). The Labute approximate surface area is 359 Å².